The normalized spacial score (nSPS) is 32.9. The summed E-state index contributed by atoms with van der Waals surface area (Å²) in [5.74, 6) is 0.813. The topological polar surface area (TPSA) is 51.8 Å². The van der Waals surface area contributed by atoms with Crippen LogP contribution < -0.4 is 5.73 Å². The van der Waals surface area contributed by atoms with Crippen LogP contribution in [0.2, 0.25) is 0 Å². The zero-order valence-electron chi connectivity index (χ0n) is 8.61. The van der Waals surface area contributed by atoms with Crippen molar-refractivity contribution in [2.45, 2.75) is 38.1 Å². The lowest BCUT2D eigenvalue weighted by atomic mass is 9.76. The fourth-order valence-electron chi connectivity index (χ4n) is 2.12. The van der Waals surface area contributed by atoms with Gasteiger partial charge in [-0.25, -0.2) is 9.97 Å². The number of aromatic nitrogens is 2. The van der Waals surface area contributed by atoms with Crippen molar-refractivity contribution in [1.29, 1.82) is 0 Å². The summed E-state index contributed by atoms with van der Waals surface area (Å²) in [7, 11) is 0. The van der Waals surface area contributed by atoms with Crippen LogP contribution in [0.5, 0.6) is 0 Å². The Balaban J connectivity index is 2.17. The van der Waals surface area contributed by atoms with Crippen LogP contribution >= 0.6 is 0 Å². The average molecular weight is 191 g/mol. The summed E-state index contributed by atoms with van der Waals surface area (Å²) in [5.41, 5.74) is 7.15. The predicted octanol–water partition coefficient (Wildman–Crippen LogP) is 1.84. The molecule has 0 bridgehead atoms. The van der Waals surface area contributed by atoms with Gasteiger partial charge in [0.05, 0.1) is 11.2 Å². The molecule has 2 N–H and O–H groups in total. The minimum absolute atomic E-state index is 0.199. The molecule has 0 saturated heterocycles. The van der Waals surface area contributed by atoms with E-state index in [1.165, 1.54) is 12.8 Å². The highest BCUT2D eigenvalue weighted by molar-refractivity contribution is 5.13. The second-order valence-electron chi connectivity index (χ2n) is 4.43. The number of hydrogen-bond donors (Lipinski definition) is 1. The van der Waals surface area contributed by atoms with Crippen LogP contribution in [-0.2, 0) is 5.54 Å². The third kappa shape index (κ3) is 1.77. The van der Waals surface area contributed by atoms with Crippen molar-refractivity contribution in [3.8, 4) is 0 Å². The molecular weight excluding hydrogens is 174 g/mol. The Bertz CT molecular complexity index is 289. The van der Waals surface area contributed by atoms with Crippen molar-refractivity contribution in [3.05, 3.63) is 24.3 Å². The van der Waals surface area contributed by atoms with Gasteiger partial charge in [-0.15, -0.1) is 0 Å². The third-order valence-electron chi connectivity index (χ3n) is 3.26. The second kappa shape index (κ2) is 3.65. The first-order valence-electron chi connectivity index (χ1n) is 5.26. The Morgan fingerprint density at radius 1 is 1.43 bits per heavy atom. The number of nitrogens with two attached hydrogens (primary N) is 1. The molecule has 3 nitrogen and oxygen atoms in total. The van der Waals surface area contributed by atoms with E-state index in [0.29, 0.717) is 0 Å². The molecule has 2 rings (SSSR count). The van der Waals surface area contributed by atoms with Crippen molar-refractivity contribution in [2.24, 2.45) is 11.7 Å². The Hall–Kier alpha value is -0.960. The van der Waals surface area contributed by atoms with E-state index in [1.54, 1.807) is 12.5 Å². The average Bonchev–Trinajstić information content (AvgIpc) is 2.24. The highest BCUT2D eigenvalue weighted by Gasteiger charge is 2.32. The molecule has 1 saturated carbocycles. The van der Waals surface area contributed by atoms with Crippen LogP contribution in [0.1, 0.15) is 38.3 Å². The molecule has 0 atom stereocenters. The first-order valence-corrected chi connectivity index (χ1v) is 5.26. The summed E-state index contributed by atoms with van der Waals surface area (Å²) in [6.07, 6.45) is 7.87. The van der Waals surface area contributed by atoms with Crippen molar-refractivity contribution >= 4 is 0 Å². The Kier molecular flexibility index (Phi) is 2.50. The van der Waals surface area contributed by atoms with Crippen LogP contribution in [0, 0.1) is 5.92 Å². The molecule has 0 aliphatic heterocycles. The molecule has 1 heterocycles. The predicted molar refractivity (Wildman–Crippen MR) is 55.5 cm³/mol. The number of rotatable bonds is 1. The van der Waals surface area contributed by atoms with Crippen LogP contribution in [0.4, 0.5) is 0 Å². The summed E-state index contributed by atoms with van der Waals surface area (Å²) >= 11 is 0. The summed E-state index contributed by atoms with van der Waals surface area (Å²) in [4.78, 5) is 8.18. The van der Waals surface area contributed by atoms with Crippen molar-refractivity contribution in [2.75, 3.05) is 0 Å². The zero-order valence-corrected chi connectivity index (χ0v) is 8.61. The van der Waals surface area contributed by atoms with Gasteiger partial charge >= 0.3 is 0 Å². The maximum Gasteiger partial charge on any atom is 0.115 e. The van der Waals surface area contributed by atoms with E-state index >= 15 is 0 Å². The smallest absolute Gasteiger partial charge is 0.115 e. The van der Waals surface area contributed by atoms with Gasteiger partial charge in [0, 0.05) is 6.20 Å². The lowest BCUT2D eigenvalue weighted by molar-refractivity contribution is 0.242. The first-order chi connectivity index (χ1) is 6.71. The molecule has 0 radical (unpaired) electrons. The molecule has 0 spiro atoms. The van der Waals surface area contributed by atoms with Gasteiger partial charge in [-0.1, -0.05) is 6.92 Å². The SMILES string of the molecule is CC1CCC(N)(c2ccncn2)CC1. The van der Waals surface area contributed by atoms with Gasteiger partial charge in [-0.2, -0.15) is 0 Å². The molecule has 1 aromatic heterocycles. The highest BCUT2D eigenvalue weighted by atomic mass is 14.9. The molecule has 1 fully saturated rings. The Morgan fingerprint density at radius 3 is 2.71 bits per heavy atom. The van der Waals surface area contributed by atoms with E-state index in [9.17, 15) is 0 Å². The lowest BCUT2D eigenvalue weighted by Gasteiger charge is -2.35. The summed E-state index contributed by atoms with van der Waals surface area (Å²) in [5, 5.41) is 0. The second-order valence-corrected chi connectivity index (χ2v) is 4.43. The molecule has 0 amide bonds. The molecule has 1 aliphatic rings. The van der Waals surface area contributed by atoms with Gasteiger partial charge < -0.3 is 5.73 Å². The van der Waals surface area contributed by atoms with E-state index in [4.69, 9.17) is 5.73 Å². The first kappa shape index (κ1) is 9.59. The van der Waals surface area contributed by atoms with Gasteiger partial charge in [0.15, 0.2) is 0 Å². The molecule has 1 aromatic rings. The molecule has 1 aliphatic carbocycles. The number of nitrogens with zero attached hydrogens (tertiary/aromatic N) is 2. The van der Waals surface area contributed by atoms with E-state index in [2.05, 4.69) is 16.9 Å². The van der Waals surface area contributed by atoms with Crippen molar-refractivity contribution < 1.29 is 0 Å². The maximum absolute atomic E-state index is 6.35. The highest BCUT2D eigenvalue weighted by Crippen LogP contribution is 2.35. The zero-order chi connectivity index (χ0) is 10.0. The molecule has 76 valence electrons. The molecule has 14 heavy (non-hydrogen) atoms. The largest absolute Gasteiger partial charge is 0.320 e. The van der Waals surface area contributed by atoms with Crippen LogP contribution in [0.3, 0.4) is 0 Å². The van der Waals surface area contributed by atoms with Crippen LogP contribution in [0.15, 0.2) is 18.6 Å². The quantitative estimate of drug-likeness (QED) is 0.737. The van der Waals surface area contributed by atoms with Gasteiger partial charge in [-0.05, 0) is 37.7 Å². The third-order valence-corrected chi connectivity index (χ3v) is 3.26. The molecule has 3 heteroatoms. The van der Waals surface area contributed by atoms with E-state index in [0.717, 1.165) is 24.5 Å². The fraction of sp³-hybridized carbons (Fsp3) is 0.636. The summed E-state index contributed by atoms with van der Waals surface area (Å²) in [6.45, 7) is 2.29. The maximum atomic E-state index is 6.35. The monoisotopic (exact) mass is 191 g/mol. The van der Waals surface area contributed by atoms with E-state index in [1.807, 2.05) is 6.07 Å². The van der Waals surface area contributed by atoms with E-state index < -0.39 is 0 Å². The van der Waals surface area contributed by atoms with Crippen molar-refractivity contribution in [1.82, 2.24) is 9.97 Å². The van der Waals surface area contributed by atoms with Gasteiger partial charge in [0.2, 0.25) is 0 Å². The summed E-state index contributed by atoms with van der Waals surface area (Å²) in [6, 6.07) is 1.94. The molecule has 0 aromatic carbocycles. The van der Waals surface area contributed by atoms with Crippen molar-refractivity contribution in [3.63, 3.8) is 0 Å². The van der Waals surface area contributed by atoms with Gasteiger partial charge in [-0.3, -0.25) is 0 Å². The molecule has 0 unspecified atom stereocenters. The molecular formula is C11H17N3. The van der Waals surface area contributed by atoms with Crippen LogP contribution in [0.25, 0.3) is 0 Å². The lowest BCUT2D eigenvalue weighted by Crippen LogP contribution is -2.40. The fourth-order valence-corrected chi connectivity index (χ4v) is 2.12. The Labute approximate surface area is 84.8 Å². The van der Waals surface area contributed by atoms with Gasteiger partial charge in [0.25, 0.3) is 0 Å². The van der Waals surface area contributed by atoms with E-state index in [-0.39, 0.29) is 5.54 Å². The minimum Gasteiger partial charge on any atom is -0.320 e. The summed E-state index contributed by atoms with van der Waals surface area (Å²) < 4.78 is 0. The van der Waals surface area contributed by atoms with Gasteiger partial charge in [0.1, 0.15) is 6.33 Å². The Morgan fingerprint density at radius 2 is 2.14 bits per heavy atom. The standard InChI is InChI=1S/C11H17N3/c1-9-2-5-11(12,6-3-9)10-4-7-13-8-14-10/h4,7-9H,2-3,5-6,12H2,1H3. The number of hydrogen-bond acceptors (Lipinski definition) is 3. The minimum atomic E-state index is -0.199. The van der Waals surface area contributed by atoms with Crippen LogP contribution in [-0.4, -0.2) is 9.97 Å².